The Morgan fingerprint density at radius 2 is 2.14 bits per heavy atom. The van der Waals surface area contributed by atoms with Crippen LogP contribution in [0.15, 0.2) is 15.9 Å². The SMILES string of the molecule is O=C(O)C(CSc1cscn1)C(=O)O. The Hall–Kier alpha value is -1.08. The lowest BCUT2D eigenvalue weighted by Gasteiger charge is -2.04. The molecular formula is C7H7NO4S2. The zero-order chi connectivity index (χ0) is 10.6. The summed E-state index contributed by atoms with van der Waals surface area (Å²) < 4.78 is 0. The number of thioether (sulfide) groups is 1. The molecule has 0 aliphatic heterocycles. The van der Waals surface area contributed by atoms with Crippen LogP contribution in [0.3, 0.4) is 0 Å². The number of carboxylic acids is 2. The van der Waals surface area contributed by atoms with E-state index in [1.807, 2.05) is 0 Å². The van der Waals surface area contributed by atoms with Crippen LogP contribution in [0.2, 0.25) is 0 Å². The highest BCUT2D eigenvalue weighted by atomic mass is 32.2. The van der Waals surface area contributed by atoms with E-state index in [1.54, 1.807) is 10.9 Å². The van der Waals surface area contributed by atoms with Crippen molar-refractivity contribution in [3.8, 4) is 0 Å². The van der Waals surface area contributed by atoms with Gasteiger partial charge in [-0.2, -0.15) is 0 Å². The zero-order valence-electron chi connectivity index (χ0n) is 6.91. The van der Waals surface area contributed by atoms with E-state index in [1.165, 1.54) is 11.3 Å². The molecule has 0 saturated carbocycles. The van der Waals surface area contributed by atoms with Crippen molar-refractivity contribution in [2.75, 3.05) is 5.75 Å². The lowest BCUT2D eigenvalue weighted by molar-refractivity contribution is -0.153. The first-order valence-electron chi connectivity index (χ1n) is 3.58. The molecule has 0 aromatic carbocycles. The Kier molecular flexibility index (Phi) is 3.90. The summed E-state index contributed by atoms with van der Waals surface area (Å²) in [6, 6.07) is 0. The average molecular weight is 233 g/mol. The smallest absolute Gasteiger partial charge is 0.318 e. The number of thiazole rings is 1. The van der Waals surface area contributed by atoms with E-state index >= 15 is 0 Å². The van der Waals surface area contributed by atoms with Crippen molar-refractivity contribution in [1.29, 1.82) is 0 Å². The predicted octanol–water partition coefficient (Wildman–Crippen LogP) is 1.02. The molecule has 5 nitrogen and oxygen atoms in total. The van der Waals surface area contributed by atoms with E-state index in [-0.39, 0.29) is 5.75 Å². The Morgan fingerprint density at radius 3 is 2.57 bits per heavy atom. The molecule has 1 rings (SSSR count). The van der Waals surface area contributed by atoms with Crippen molar-refractivity contribution in [1.82, 2.24) is 4.98 Å². The largest absolute Gasteiger partial charge is 0.481 e. The number of carboxylic acid groups (broad SMARTS) is 2. The maximum absolute atomic E-state index is 10.5. The second-order valence-corrected chi connectivity index (χ2v) is 4.13. The fourth-order valence-electron chi connectivity index (χ4n) is 0.690. The first-order valence-corrected chi connectivity index (χ1v) is 5.50. The summed E-state index contributed by atoms with van der Waals surface area (Å²) in [6.07, 6.45) is 0. The summed E-state index contributed by atoms with van der Waals surface area (Å²) >= 11 is 2.51. The molecular weight excluding hydrogens is 226 g/mol. The molecule has 1 heterocycles. The molecule has 0 aliphatic rings. The molecule has 14 heavy (non-hydrogen) atoms. The van der Waals surface area contributed by atoms with Gasteiger partial charge in [0.05, 0.1) is 5.51 Å². The number of nitrogens with zero attached hydrogens (tertiary/aromatic N) is 1. The predicted molar refractivity (Wildman–Crippen MR) is 51.6 cm³/mol. The van der Waals surface area contributed by atoms with Crippen LogP contribution in [0.25, 0.3) is 0 Å². The molecule has 0 fully saturated rings. The fraction of sp³-hybridized carbons (Fsp3) is 0.286. The summed E-state index contributed by atoms with van der Waals surface area (Å²) in [4.78, 5) is 24.9. The lowest BCUT2D eigenvalue weighted by Crippen LogP contribution is -2.25. The third kappa shape index (κ3) is 3.00. The highest BCUT2D eigenvalue weighted by molar-refractivity contribution is 7.99. The van der Waals surface area contributed by atoms with Crippen molar-refractivity contribution >= 4 is 35.0 Å². The molecule has 0 spiro atoms. The minimum absolute atomic E-state index is 0.00556. The van der Waals surface area contributed by atoms with E-state index in [9.17, 15) is 9.59 Å². The average Bonchev–Trinajstić information content (AvgIpc) is 2.55. The highest BCUT2D eigenvalue weighted by Crippen LogP contribution is 2.20. The number of aromatic nitrogens is 1. The van der Waals surface area contributed by atoms with Gasteiger partial charge in [0.25, 0.3) is 0 Å². The molecule has 0 radical (unpaired) electrons. The van der Waals surface area contributed by atoms with Crippen LogP contribution < -0.4 is 0 Å². The molecule has 0 atom stereocenters. The van der Waals surface area contributed by atoms with Gasteiger partial charge >= 0.3 is 11.9 Å². The minimum atomic E-state index is -1.37. The maximum atomic E-state index is 10.5. The molecule has 1 aromatic heterocycles. The van der Waals surface area contributed by atoms with Crippen LogP contribution in [0, 0.1) is 5.92 Å². The minimum Gasteiger partial charge on any atom is -0.481 e. The fourth-order valence-corrected chi connectivity index (χ4v) is 2.36. The Balaban J connectivity index is 2.49. The van der Waals surface area contributed by atoms with Crippen molar-refractivity contribution in [3.05, 3.63) is 10.9 Å². The van der Waals surface area contributed by atoms with E-state index in [4.69, 9.17) is 10.2 Å². The van der Waals surface area contributed by atoms with Gasteiger partial charge in [-0.3, -0.25) is 9.59 Å². The van der Waals surface area contributed by atoms with Crippen LogP contribution in [0.1, 0.15) is 0 Å². The lowest BCUT2D eigenvalue weighted by atomic mass is 10.2. The molecule has 0 bridgehead atoms. The van der Waals surface area contributed by atoms with Crippen LogP contribution in [-0.2, 0) is 9.59 Å². The van der Waals surface area contributed by atoms with Crippen LogP contribution in [0.5, 0.6) is 0 Å². The zero-order valence-corrected chi connectivity index (χ0v) is 8.55. The molecule has 2 N–H and O–H groups in total. The Morgan fingerprint density at radius 1 is 1.50 bits per heavy atom. The second-order valence-electron chi connectivity index (χ2n) is 2.37. The van der Waals surface area contributed by atoms with Crippen LogP contribution in [-0.4, -0.2) is 32.9 Å². The van der Waals surface area contributed by atoms with E-state index in [0.29, 0.717) is 5.03 Å². The van der Waals surface area contributed by atoms with Crippen molar-refractivity contribution in [2.45, 2.75) is 5.03 Å². The number of carbonyl (C=O) groups is 2. The van der Waals surface area contributed by atoms with E-state index < -0.39 is 17.9 Å². The molecule has 0 saturated heterocycles. The van der Waals surface area contributed by atoms with Gasteiger partial charge in [-0.15, -0.1) is 23.1 Å². The van der Waals surface area contributed by atoms with E-state index in [2.05, 4.69) is 4.98 Å². The molecule has 7 heteroatoms. The molecule has 0 amide bonds. The van der Waals surface area contributed by atoms with Crippen LogP contribution in [0.4, 0.5) is 0 Å². The van der Waals surface area contributed by atoms with Crippen LogP contribution >= 0.6 is 23.1 Å². The van der Waals surface area contributed by atoms with Gasteiger partial charge in [0.15, 0.2) is 5.92 Å². The number of hydrogen-bond acceptors (Lipinski definition) is 5. The molecule has 0 unspecified atom stereocenters. The van der Waals surface area contributed by atoms with Gasteiger partial charge in [-0.05, 0) is 0 Å². The van der Waals surface area contributed by atoms with Gasteiger partial charge in [-0.1, -0.05) is 0 Å². The Labute approximate surface area is 87.8 Å². The molecule has 1 aromatic rings. The topological polar surface area (TPSA) is 87.5 Å². The standard InChI is InChI=1S/C7H7NO4S2/c9-6(10)4(7(11)12)1-14-5-2-13-3-8-5/h2-4H,1H2,(H,9,10)(H,11,12). The van der Waals surface area contributed by atoms with Gasteiger partial charge in [-0.25, -0.2) is 4.98 Å². The summed E-state index contributed by atoms with van der Waals surface area (Å²) in [7, 11) is 0. The maximum Gasteiger partial charge on any atom is 0.318 e. The second kappa shape index (κ2) is 4.97. The first-order chi connectivity index (χ1) is 6.61. The summed E-state index contributed by atoms with van der Waals surface area (Å²) in [5, 5.41) is 19.5. The van der Waals surface area contributed by atoms with Crippen molar-refractivity contribution in [2.24, 2.45) is 5.92 Å². The quantitative estimate of drug-likeness (QED) is 0.583. The number of hydrogen-bond donors (Lipinski definition) is 2. The monoisotopic (exact) mass is 233 g/mol. The molecule has 0 aliphatic carbocycles. The van der Waals surface area contributed by atoms with E-state index in [0.717, 1.165) is 11.8 Å². The number of rotatable bonds is 5. The van der Waals surface area contributed by atoms with Gasteiger partial charge in [0.2, 0.25) is 0 Å². The van der Waals surface area contributed by atoms with Gasteiger partial charge < -0.3 is 10.2 Å². The van der Waals surface area contributed by atoms with Gasteiger partial charge in [0, 0.05) is 11.1 Å². The third-order valence-electron chi connectivity index (χ3n) is 1.40. The van der Waals surface area contributed by atoms with Gasteiger partial charge in [0.1, 0.15) is 5.03 Å². The summed E-state index contributed by atoms with van der Waals surface area (Å²) in [5.74, 6) is -4.02. The summed E-state index contributed by atoms with van der Waals surface area (Å²) in [6.45, 7) is 0. The summed E-state index contributed by atoms with van der Waals surface area (Å²) in [5.41, 5.74) is 1.61. The highest BCUT2D eigenvalue weighted by Gasteiger charge is 2.25. The number of aliphatic carboxylic acids is 2. The third-order valence-corrected chi connectivity index (χ3v) is 3.16. The normalized spacial score (nSPS) is 10.4. The van der Waals surface area contributed by atoms with Crippen molar-refractivity contribution < 1.29 is 19.8 Å². The Bertz CT molecular complexity index is 310. The molecule has 76 valence electrons. The first kappa shape index (κ1) is 11.0. The van der Waals surface area contributed by atoms with Crippen molar-refractivity contribution in [3.63, 3.8) is 0 Å².